The van der Waals surface area contributed by atoms with Gasteiger partial charge < -0.3 is 24.9 Å². The number of thioether (sulfide) groups is 1. The van der Waals surface area contributed by atoms with Gasteiger partial charge in [-0.2, -0.15) is 0 Å². The van der Waals surface area contributed by atoms with Crippen molar-refractivity contribution in [1.29, 1.82) is 0 Å². The van der Waals surface area contributed by atoms with E-state index >= 15 is 0 Å². The van der Waals surface area contributed by atoms with Crippen molar-refractivity contribution >= 4 is 34.5 Å². The fraction of sp³-hybridized carbons (Fsp3) is 0.375. The molecule has 1 aromatic carbocycles. The first-order valence-electron chi connectivity index (χ1n) is 7.60. The molecular weight excluding hydrogens is 362 g/mol. The monoisotopic (exact) mass is 381 g/mol. The highest BCUT2D eigenvalue weighted by Crippen LogP contribution is 2.30. The van der Waals surface area contributed by atoms with E-state index in [1.807, 2.05) is 0 Å². The Morgan fingerprint density at radius 2 is 1.96 bits per heavy atom. The first kappa shape index (κ1) is 19.6. The van der Waals surface area contributed by atoms with Crippen molar-refractivity contribution in [2.75, 3.05) is 20.0 Å². The highest BCUT2D eigenvalue weighted by atomic mass is 32.2. The molecule has 0 radical (unpaired) electrons. The van der Waals surface area contributed by atoms with Crippen LogP contribution >= 0.6 is 11.8 Å². The summed E-state index contributed by atoms with van der Waals surface area (Å²) in [5.41, 5.74) is 0.126. The third-order valence-corrected chi connectivity index (χ3v) is 4.42. The molecule has 26 heavy (non-hydrogen) atoms. The number of hydrogen-bond acceptors (Lipinski definition) is 7. The highest BCUT2D eigenvalue weighted by molar-refractivity contribution is 7.99. The van der Waals surface area contributed by atoms with Gasteiger partial charge in [0.25, 0.3) is 5.56 Å². The molecule has 140 valence electrons. The van der Waals surface area contributed by atoms with Gasteiger partial charge in [-0.3, -0.25) is 14.4 Å². The number of H-pyrrole nitrogens is 1. The number of aromatic nitrogens is 2. The van der Waals surface area contributed by atoms with Crippen LogP contribution in [0.15, 0.2) is 16.9 Å². The zero-order valence-electron chi connectivity index (χ0n) is 14.5. The number of amides is 1. The Morgan fingerprint density at radius 1 is 1.31 bits per heavy atom. The fourth-order valence-electron chi connectivity index (χ4n) is 2.17. The molecule has 1 heterocycles. The summed E-state index contributed by atoms with van der Waals surface area (Å²) in [5, 5.41) is 11.5. The zero-order chi connectivity index (χ0) is 19.3. The van der Waals surface area contributed by atoms with E-state index in [1.54, 1.807) is 12.1 Å². The minimum Gasteiger partial charge on any atom is -0.493 e. The number of carbonyl (C=O) groups excluding carboxylic acids is 1. The highest BCUT2D eigenvalue weighted by Gasteiger charge is 2.14. The number of carbonyl (C=O) groups is 2. The number of fused-ring (bicyclic) bond motifs is 1. The molecule has 0 unspecified atom stereocenters. The zero-order valence-corrected chi connectivity index (χ0v) is 15.3. The van der Waals surface area contributed by atoms with Crippen LogP contribution in [0.4, 0.5) is 0 Å². The molecule has 0 aliphatic heterocycles. The summed E-state index contributed by atoms with van der Waals surface area (Å²) < 4.78 is 10.4. The summed E-state index contributed by atoms with van der Waals surface area (Å²) in [5.74, 6) is 0.114. The molecule has 0 bridgehead atoms. The predicted octanol–water partition coefficient (Wildman–Crippen LogP) is 0.763. The second kappa shape index (κ2) is 8.56. The van der Waals surface area contributed by atoms with E-state index in [2.05, 4.69) is 15.3 Å². The van der Waals surface area contributed by atoms with Crippen LogP contribution in [0.5, 0.6) is 11.5 Å². The molecule has 1 aromatic heterocycles. The van der Waals surface area contributed by atoms with Crippen molar-refractivity contribution in [1.82, 2.24) is 15.3 Å². The number of benzene rings is 1. The molecule has 2 rings (SSSR count). The molecule has 2 aromatic rings. The smallest absolute Gasteiger partial charge is 0.325 e. The Hall–Kier alpha value is -2.75. The minimum absolute atomic E-state index is 0.0469. The van der Waals surface area contributed by atoms with Gasteiger partial charge in [-0.25, -0.2) is 4.98 Å². The lowest BCUT2D eigenvalue weighted by molar-refractivity contribution is -0.140. The van der Waals surface area contributed by atoms with Gasteiger partial charge in [0.15, 0.2) is 11.5 Å². The van der Waals surface area contributed by atoms with Crippen molar-refractivity contribution in [3.63, 3.8) is 0 Å². The van der Waals surface area contributed by atoms with Crippen molar-refractivity contribution in [3.8, 4) is 11.5 Å². The third-order valence-electron chi connectivity index (χ3n) is 3.48. The van der Waals surface area contributed by atoms with E-state index in [0.717, 1.165) is 0 Å². The molecule has 10 heteroatoms. The van der Waals surface area contributed by atoms with Gasteiger partial charge in [-0.05, 0) is 13.0 Å². The number of methoxy groups -OCH3 is 2. The standard InChI is InChI=1S/C16H19N3O6S/c1-8(16(22)23)17-14(20)7-26-6-13-18-10-5-12(25-3)11(24-2)4-9(10)15(21)19-13/h4-5,8H,6-7H2,1-3H3,(H,17,20)(H,22,23)(H,18,19,21)/t8-/m0/s1. The van der Waals surface area contributed by atoms with E-state index in [9.17, 15) is 14.4 Å². The van der Waals surface area contributed by atoms with Crippen LogP contribution in [0.25, 0.3) is 10.9 Å². The molecule has 0 spiro atoms. The average Bonchev–Trinajstić information content (AvgIpc) is 2.60. The molecule has 1 atom stereocenters. The SMILES string of the molecule is COc1cc2nc(CSCC(=O)N[C@@H](C)C(=O)O)[nH]c(=O)c2cc1OC. The fourth-order valence-corrected chi connectivity index (χ4v) is 2.87. The van der Waals surface area contributed by atoms with E-state index in [0.29, 0.717) is 28.2 Å². The van der Waals surface area contributed by atoms with E-state index in [1.165, 1.54) is 32.9 Å². The van der Waals surface area contributed by atoms with Gasteiger partial charge in [0.1, 0.15) is 11.9 Å². The Labute approximate surface area is 153 Å². The lowest BCUT2D eigenvalue weighted by Crippen LogP contribution is -2.39. The van der Waals surface area contributed by atoms with Crippen LogP contribution in [0, 0.1) is 0 Å². The predicted molar refractivity (Wildman–Crippen MR) is 96.9 cm³/mol. The number of aliphatic carboxylic acids is 1. The molecule has 0 aliphatic carbocycles. The Balaban J connectivity index is 2.10. The summed E-state index contributed by atoms with van der Waals surface area (Å²) >= 11 is 1.21. The van der Waals surface area contributed by atoms with Crippen LogP contribution in [0.1, 0.15) is 12.7 Å². The second-order valence-corrected chi connectivity index (χ2v) is 6.34. The number of aromatic amines is 1. The first-order valence-corrected chi connectivity index (χ1v) is 8.76. The number of nitrogens with zero attached hydrogens (tertiary/aromatic N) is 1. The van der Waals surface area contributed by atoms with Crippen molar-refractivity contribution in [2.45, 2.75) is 18.7 Å². The summed E-state index contributed by atoms with van der Waals surface area (Å²) in [6.45, 7) is 1.38. The Kier molecular flexibility index (Phi) is 6.45. The normalized spacial score (nSPS) is 11.8. The molecule has 0 aliphatic rings. The molecule has 9 nitrogen and oxygen atoms in total. The molecule has 0 fully saturated rings. The van der Waals surface area contributed by atoms with Crippen LogP contribution in [0.2, 0.25) is 0 Å². The molecule has 0 saturated carbocycles. The van der Waals surface area contributed by atoms with Crippen molar-refractivity contribution < 1.29 is 24.2 Å². The first-order chi connectivity index (χ1) is 12.3. The van der Waals surface area contributed by atoms with Crippen molar-refractivity contribution in [3.05, 3.63) is 28.3 Å². The van der Waals surface area contributed by atoms with Crippen LogP contribution in [0.3, 0.4) is 0 Å². The number of carboxylic acid groups (broad SMARTS) is 1. The molecular formula is C16H19N3O6S. The van der Waals surface area contributed by atoms with Gasteiger partial charge in [-0.15, -0.1) is 11.8 Å². The van der Waals surface area contributed by atoms with E-state index in [-0.39, 0.29) is 17.1 Å². The van der Waals surface area contributed by atoms with Crippen LogP contribution < -0.4 is 20.3 Å². The van der Waals surface area contributed by atoms with Gasteiger partial charge in [0.2, 0.25) is 5.91 Å². The average molecular weight is 381 g/mol. The lowest BCUT2D eigenvalue weighted by Gasteiger charge is -2.10. The second-order valence-electron chi connectivity index (χ2n) is 5.36. The summed E-state index contributed by atoms with van der Waals surface area (Å²) in [7, 11) is 2.97. The van der Waals surface area contributed by atoms with Gasteiger partial charge in [0.05, 0.1) is 36.6 Å². The Morgan fingerprint density at radius 3 is 2.58 bits per heavy atom. The minimum atomic E-state index is -1.10. The topological polar surface area (TPSA) is 131 Å². The molecule has 1 amide bonds. The van der Waals surface area contributed by atoms with Gasteiger partial charge in [0, 0.05) is 6.07 Å². The number of rotatable bonds is 8. The van der Waals surface area contributed by atoms with Crippen LogP contribution in [-0.2, 0) is 15.3 Å². The van der Waals surface area contributed by atoms with Gasteiger partial charge >= 0.3 is 5.97 Å². The maximum Gasteiger partial charge on any atom is 0.325 e. The van der Waals surface area contributed by atoms with Gasteiger partial charge in [-0.1, -0.05) is 0 Å². The quantitative estimate of drug-likeness (QED) is 0.611. The Bertz CT molecular complexity index is 882. The maximum absolute atomic E-state index is 12.2. The van der Waals surface area contributed by atoms with Crippen LogP contribution in [-0.4, -0.2) is 53.0 Å². The largest absolute Gasteiger partial charge is 0.493 e. The third kappa shape index (κ3) is 4.66. The number of nitrogens with one attached hydrogen (secondary N) is 2. The summed E-state index contributed by atoms with van der Waals surface area (Å²) in [4.78, 5) is 41.6. The number of hydrogen-bond donors (Lipinski definition) is 3. The van der Waals surface area contributed by atoms with E-state index in [4.69, 9.17) is 14.6 Å². The molecule has 0 saturated heterocycles. The maximum atomic E-state index is 12.2. The van der Waals surface area contributed by atoms with Crippen molar-refractivity contribution in [2.24, 2.45) is 0 Å². The number of carboxylic acids is 1. The summed E-state index contributed by atoms with van der Waals surface area (Å²) in [6.07, 6.45) is 0. The molecule has 3 N–H and O–H groups in total. The summed E-state index contributed by atoms with van der Waals surface area (Å²) in [6, 6.07) is 2.21. The number of ether oxygens (including phenoxy) is 2. The van der Waals surface area contributed by atoms with E-state index < -0.39 is 17.9 Å². The lowest BCUT2D eigenvalue weighted by atomic mass is 10.2.